The fourth-order valence-corrected chi connectivity index (χ4v) is 1.70. The van der Waals surface area contributed by atoms with Crippen LogP contribution in [0.25, 0.3) is 0 Å². The van der Waals surface area contributed by atoms with Crippen molar-refractivity contribution in [2.75, 3.05) is 5.43 Å². The number of hydrogen-bond donors (Lipinski definition) is 3. The molecule has 98 valence electrons. The van der Waals surface area contributed by atoms with Gasteiger partial charge in [-0.15, -0.1) is 0 Å². The van der Waals surface area contributed by atoms with Gasteiger partial charge in [-0.2, -0.15) is 13.5 Å². The van der Waals surface area contributed by atoms with E-state index in [0.717, 1.165) is 0 Å². The summed E-state index contributed by atoms with van der Waals surface area (Å²) in [5.41, 5.74) is 8.38. The van der Waals surface area contributed by atoms with Crippen LogP contribution in [0, 0.1) is 0 Å². The zero-order chi connectivity index (χ0) is 13.8. The summed E-state index contributed by atoms with van der Waals surface area (Å²) in [6.45, 7) is 1.60. The fourth-order valence-electron chi connectivity index (χ4n) is 1.18. The van der Waals surface area contributed by atoms with Gasteiger partial charge in [-0.05, 0) is 25.1 Å². The quantitative estimate of drug-likeness (QED) is 0.411. The molecule has 0 aliphatic carbocycles. The van der Waals surface area contributed by atoms with E-state index in [1.165, 1.54) is 18.2 Å². The van der Waals surface area contributed by atoms with E-state index >= 15 is 0 Å². The molecule has 18 heavy (non-hydrogen) atoms. The monoisotopic (exact) mass is 271 g/mol. The third-order valence-corrected chi connectivity index (χ3v) is 2.79. The lowest BCUT2D eigenvalue weighted by Gasteiger charge is -2.03. The molecule has 0 heterocycles. The Bertz CT molecular complexity index is 581. The largest absolute Gasteiger partial charge is 0.369 e. The first-order chi connectivity index (χ1) is 8.29. The van der Waals surface area contributed by atoms with Gasteiger partial charge in [0.2, 0.25) is 5.91 Å². The molecule has 1 aromatic rings. The summed E-state index contributed by atoms with van der Waals surface area (Å²) in [6.07, 6.45) is 0.00495. The van der Waals surface area contributed by atoms with Gasteiger partial charge in [-0.3, -0.25) is 14.8 Å². The maximum atomic E-state index is 10.9. The summed E-state index contributed by atoms with van der Waals surface area (Å²) >= 11 is 0. The average molecular weight is 271 g/mol. The molecule has 0 radical (unpaired) electrons. The van der Waals surface area contributed by atoms with E-state index < -0.39 is 16.0 Å². The van der Waals surface area contributed by atoms with E-state index in [2.05, 4.69) is 10.5 Å². The highest BCUT2D eigenvalue weighted by molar-refractivity contribution is 7.85. The third-order valence-electron chi connectivity index (χ3n) is 1.94. The molecule has 0 fully saturated rings. The van der Waals surface area contributed by atoms with Crippen LogP contribution in [-0.4, -0.2) is 24.6 Å². The van der Waals surface area contributed by atoms with E-state index in [4.69, 9.17) is 10.3 Å². The summed E-state index contributed by atoms with van der Waals surface area (Å²) in [6, 6.07) is 5.48. The normalized spacial score (nSPS) is 12.2. The summed E-state index contributed by atoms with van der Waals surface area (Å²) in [4.78, 5) is 10.4. The number of hydrazone groups is 1. The molecule has 0 atom stereocenters. The van der Waals surface area contributed by atoms with Crippen LogP contribution in [0.5, 0.6) is 0 Å². The van der Waals surface area contributed by atoms with E-state index in [1.54, 1.807) is 13.0 Å². The summed E-state index contributed by atoms with van der Waals surface area (Å²) in [5, 5.41) is 3.85. The van der Waals surface area contributed by atoms with Crippen molar-refractivity contribution < 1.29 is 17.8 Å². The zero-order valence-corrected chi connectivity index (χ0v) is 10.4. The lowest BCUT2D eigenvalue weighted by atomic mass is 10.3. The molecule has 1 rings (SSSR count). The first-order valence-corrected chi connectivity index (χ1v) is 6.38. The van der Waals surface area contributed by atoms with Crippen LogP contribution in [0.15, 0.2) is 34.3 Å². The molecular formula is C10H13N3O4S. The number of hydrogen-bond acceptors (Lipinski definition) is 5. The number of anilines is 1. The highest BCUT2D eigenvalue weighted by atomic mass is 32.2. The number of nitrogens with two attached hydrogens (primary N) is 1. The predicted octanol–water partition coefficient (Wildman–Crippen LogP) is 0.596. The predicted molar refractivity (Wildman–Crippen MR) is 66.8 cm³/mol. The Morgan fingerprint density at radius 3 is 2.72 bits per heavy atom. The van der Waals surface area contributed by atoms with Crippen LogP contribution in [-0.2, 0) is 14.9 Å². The van der Waals surface area contributed by atoms with E-state index in [1.807, 2.05) is 0 Å². The molecule has 7 nitrogen and oxygen atoms in total. The van der Waals surface area contributed by atoms with Crippen LogP contribution < -0.4 is 11.2 Å². The minimum atomic E-state index is -4.25. The number of primary amides is 1. The highest BCUT2D eigenvalue weighted by Gasteiger charge is 2.09. The number of nitrogens with zero attached hydrogens (tertiary/aromatic N) is 1. The van der Waals surface area contributed by atoms with Crippen molar-refractivity contribution >= 4 is 27.4 Å². The molecule has 0 aromatic heterocycles. The van der Waals surface area contributed by atoms with Crippen LogP contribution >= 0.6 is 0 Å². The van der Waals surface area contributed by atoms with E-state index in [0.29, 0.717) is 11.4 Å². The number of rotatable bonds is 5. The lowest BCUT2D eigenvalue weighted by Crippen LogP contribution is -2.15. The van der Waals surface area contributed by atoms with Gasteiger partial charge < -0.3 is 5.73 Å². The number of benzene rings is 1. The molecule has 4 N–H and O–H groups in total. The molecule has 0 spiro atoms. The number of carbonyl (C=O) groups excluding carboxylic acids is 1. The van der Waals surface area contributed by atoms with Crippen molar-refractivity contribution in [2.24, 2.45) is 10.8 Å². The van der Waals surface area contributed by atoms with Gasteiger partial charge in [0.05, 0.1) is 17.0 Å². The standard InChI is InChI=1S/C10H13N3O4S/c1-7(5-10(11)14)12-13-8-3-2-4-9(6-8)18(15,16)17/h2-4,6,13H,5H2,1H3,(H2,11,14)(H,15,16,17)/b12-7-. The van der Waals surface area contributed by atoms with Crippen molar-refractivity contribution in [1.29, 1.82) is 0 Å². The van der Waals surface area contributed by atoms with Crippen molar-refractivity contribution in [3.05, 3.63) is 24.3 Å². The first kappa shape index (κ1) is 14.1. The number of amides is 1. The molecule has 0 bridgehead atoms. The van der Waals surface area contributed by atoms with Crippen molar-refractivity contribution in [1.82, 2.24) is 0 Å². The molecule has 0 unspecified atom stereocenters. The van der Waals surface area contributed by atoms with Crippen molar-refractivity contribution in [2.45, 2.75) is 18.2 Å². The molecule has 0 aliphatic rings. The van der Waals surface area contributed by atoms with E-state index in [-0.39, 0.29) is 11.3 Å². The summed E-state index contributed by atoms with van der Waals surface area (Å²) in [7, 11) is -4.25. The minimum absolute atomic E-state index is 0.00495. The van der Waals surface area contributed by atoms with Crippen LogP contribution in [0.1, 0.15) is 13.3 Å². The van der Waals surface area contributed by atoms with Gasteiger partial charge in [0, 0.05) is 5.71 Å². The van der Waals surface area contributed by atoms with Crippen LogP contribution in [0.3, 0.4) is 0 Å². The van der Waals surface area contributed by atoms with Gasteiger partial charge in [0.25, 0.3) is 10.1 Å². The van der Waals surface area contributed by atoms with Crippen molar-refractivity contribution in [3.8, 4) is 0 Å². The molecule has 1 amide bonds. The Morgan fingerprint density at radius 2 is 2.17 bits per heavy atom. The van der Waals surface area contributed by atoms with Gasteiger partial charge in [-0.25, -0.2) is 0 Å². The van der Waals surface area contributed by atoms with Gasteiger partial charge in [-0.1, -0.05) is 6.07 Å². The Morgan fingerprint density at radius 1 is 1.50 bits per heavy atom. The van der Waals surface area contributed by atoms with E-state index in [9.17, 15) is 13.2 Å². The zero-order valence-electron chi connectivity index (χ0n) is 9.62. The highest BCUT2D eigenvalue weighted by Crippen LogP contribution is 2.15. The Labute approximate surface area is 104 Å². The second kappa shape index (κ2) is 5.61. The Kier molecular flexibility index (Phi) is 4.40. The van der Waals surface area contributed by atoms with Gasteiger partial charge in [0.1, 0.15) is 0 Å². The Hall–Kier alpha value is -1.93. The molecule has 0 saturated carbocycles. The molecule has 8 heteroatoms. The smallest absolute Gasteiger partial charge is 0.294 e. The summed E-state index contributed by atoms with van der Waals surface area (Å²) in [5.74, 6) is -0.510. The fraction of sp³-hybridized carbons (Fsp3) is 0.200. The molecule has 0 saturated heterocycles. The maximum Gasteiger partial charge on any atom is 0.294 e. The van der Waals surface area contributed by atoms with Crippen molar-refractivity contribution in [3.63, 3.8) is 0 Å². The van der Waals surface area contributed by atoms with Crippen LogP contribution in [0.4, 0.5) is 5.69 Å². The SMILES string of the molecule is C/C(CC(N)=O)=N/Nc1cccc(S(=O)(=O)O)c1. The average Bonchev–Trinajstić information content (AvgIpc) is 2.25. The van der Waals surface area contributed by atoms with Crippen LogP contribution in [0.2, 0.25) is 0 Å². The minimum Gasteiger partial charge on any atom is -0.369 e. The molecule has 1 aromatic carbocycles. The maximum absolute atomic E-state index is 10.9. The second-order valence-corrected chi connectivity index (χ2v) is 5.03. The number of nitrogens with one attached hydrogen (secondary N) is 1. The third kappa shape index (κ3) is 4.52. The van der Waals surface area contributed by atoms with Gasteiger partial charge >= 0.3 is 0 Å². The lowest BCUT2D eigenvalue weighted by molar-refractivity contribution is -0.116. The second-order valence-electron chi connectivity index (χ2n) is 3.60. The topological polar surface area (TPSA) is 122 Å². The van der Waals surface area contributed by atoms with Gasteiger partial charge in [0.15, 0.2) is 0 Å². The molecule has 0 aliphatic heterocycles. The Balaban J connectivity index is 2.84. The first-order valence-electron chi connectivity index (χ1n) is 4.94. The number of carbonyl (C=O) groups is 1. The summed E-state index contributed by atoms with van der Waals surface area (Å²) < 4.78 is 30.7. The molecular weight excluding hydrogens is 258 g/mol.